The highest BCUT2D eigenvalue weighted by atomic mass is 16.6. The molecular formula is C21H21NO6. The van der Waals surface area contributed by atoms with Crippen LogP contribution in [-0.2, 0) is 14.3 Å². The highest BCUT2D eigenvalue weighted by Crippen LogP contribution is 2.31. The molecule has 0 aromatic heterocycles. The zero-order valence-corrected chi connectivity index (χ0v) is 15.6. The van der Waals surface area contributed by atoms with E-state index < -0.39 is 18.0 Å². The first-order valence-electron chi connectivity index (χ1n) is 8.79. The van der Waals surface area contributed by atoms with E-state index in [2.05, 4.69) is 5.32 Å². The zero-order valence-electron chi connectivity index (χ0n) is 15.6. The van der Waals surface area contributed by atoms with Gasteiger partial charge in [0.1, 0.15) is 19.0 Å². The molecule has 0 fully saturated rings. The van der Waals surface area contributed by atoms with Crippen molar-refractivity contribution in [2.24, 2.45) is 0 Å². The van der Waals surface area contributed by atoms with Gasteiger partial charge >= 0.3 is 5.97 Å². The Morgan fingerprint density at radius 3 is 2.64 bits per heavy atom. The monoisotopic (exact) mass is 383 g/mol. The number of ether oxygens (including phenoxy) is 4. The molecule has 1 aliphatic rings. The first kappa shape index (κ1) is 19.3. The summed E-state index contributed by atoms with van der Waals surface area (Å²) in [7, 11) is 1.51. The molecule has 1 N–H and O–H groups in total. The molecule has 1 atom stereocenters. The van der Waals surface area contributed by atoms with Crippen molar-refractivity contribution in [3.8, 4) is 17.2 Å². The highest BCUT2D eigenvalue weighted by Gasteiger charge is 2.18. The van der Waals surface area contributed by atoms with Crippen molar-refractivity contribution in [3.05, 3.63) is 54.1 Å². The van der Waals surface area contributed by atoms with Crippen molar-refractivity contribution < 1.29 is 28.5 Å². The van der Waals surface area contributed by atoms with Crippen LogP contribution < -0.4 is 19.5 Å². The molecule has 7 heteroatoms. The number of carbonyl (C=O) groups is 2. The minimum Gasteiger partial charge on any atom is -0.495 e. The number of methoxy groups -OCH3 is 1. The van der Waals surface area contributed by atoms with E-state index >= 15 is 0 Å². The number of carbonyl (C=O) groups excluding carboxylic acids is 2. The lowest BCUT2D eigenvalue weighted by atomic mass is 10.2. The Hall–Kier alpha value is -3.48. The van der Waals surface area contributed by atoms with Crippen LogP contribution >= 0.6 is 0 Å². The number of benzene rings is 2. The number of para-hydroxylation sites is 2. The summed E-state index contributed by atoms with van der Waals surface area (Å²) in [6, 6.07) is 12.3. The lowest BCUT2D eigenvalue weighted by molar-refractivity contribution is -0.148. The first-order valence-corrected chi connectivity index (χ1v) is 8.79. The number of hydrogen-bond donors (Lipinski definition) is 1. The Morgan fingerprint density at radius 2 is 1.86 bits per heavy atom. The molecule has 7 nitrogen and oxygen atoms in total. The van der Waals surface area contributed by atoms with Gasteiger partial charge in [0, 0.05) is 6.08 Å². The van der Waals surface area contributed by atoms with Gasteiger partial charge in [-0.25, -0.2) is 4.79 Å². The molecule has 0 bridgehead atoms. The largest absolute Gasteiger partial charge is 0.495 e. The van der Waals surface area contributed by atoms with Gasteiger partial charge in [-0.1, -0.05) is 18.2 Å². The maximum atomic E-state index is 12.3. The number of rotatable bonds is 6. The van der Waals surface area contributed by atoms with Crippen LogP contribution in [0.25, 0.3) is 6.08 Å². The third kappa shape index (κ3) is 4.82. The molecule has 0 aliphatic carbocycles. The van der Waals surface area contributed by atoms with E-state index in [0.29, 0.717) is 36.1 Å². The molecule has 0 saturated heterocycles. The van der Waals surface area contributed by atoms with Crippen LogP contribution in [0.3, 0.4) is 0 Å². The molecule has 146 valence electrons. The van der Waals surface area contributed by atoms with Crippen molar-refractivity contribution in [2.45, 2.75) is 13.0 Å². The number of amides is 1. The van der Waals surface area contributed by atoms with Crippen LogP contribution in [0.2, 0.25) is 0 Å². The lowest BCUT2D eigenvalue weighted by Crippen LogP contribution is -2.29. The highest BCUT2D eigenvalue weighted by molar-refractivity contribution is 5.97. The maximum Gasteiger partial charge on any atom is 0.331 e. The predicted molar refractivity (Wildman–Crippen MR) is 104 cm³/mol. The maximum absolute atomic E-state index is 12.3. The fourth-order valence-corrected chi connectivity index (χ4v) is 2.58. The normalized spacial score (nSPS) is 13.6. The predicted octanol–water partition coefficient (Wildman–Crippen LogP) is 3.05. The second-order valence-corrected chi connectivity index (χ2v) is 6.01. The van der Waals surface area contributed by atoms with E-state index in [0.717, 1.165) is 5.56 Å². The molecule has 0 spiro atoms. The Labute approximate surface area is 162 Å². The quantitative estimate of drug-likeness (QED) is 0.610. The van der Waals surface area contributed by atoms with Gasteiger partial charge in [0.05, 0.1) is 12.8 Å². The molecule has 2 aromatic carbocycles. The summed E-state index contributed by atoms with van der Waals surface area (Å²) in [5.41, 5.74) is 1.26. The Bertz CT molecular complexity index is 892. The molecule has 1 unspecified atom stereocenters. The van der Waals surface area contributed by atoms with Gasteiger partial charge in [-0.15, -0.1) is 0 Å². The summed E-state index contributed by atoms with van der Waals surface area (Å²) in [4.78, 5) is 24.3. The summed E-state index contributed by atoms with van der Waals surface area (Å²) in [5, 5.41) is 2.68. The van der Waals surface area contributed by atoms with E-state index in [9.17, 15) is 9.59 Å². The van der Waals surface area contributed by atoms with Crippen molar-refractivity contribution >= 4 is 23.6 Å². The van der Waals surface area contributed by atoms with Gasteiger partial charge in [-0.3, -0.25) is 4.79 Å². The van der Waals surface area contributed by atoms with Crippen molar-refractivity contribution in [1.82, 2.24) is 0 Å². The van der Waals surface area contributed by atoms with Crippen molar-refractivity contribution in [3.63, 3.8) is 0 Å². The third-order valence-electron chi connectivity index (χ3n) is 4.01. The molecule has 2 aromatic rings. The minimum absolute atomic E-state index is 0.453. The average molecular weight is 383 g/mol. The van der Waals surface area contributed by atoms with Gasteiger partial charge in [0.15, 0.2) is 17.6 Å². The SMILES string of the molecule is COc1ccccc1NC(=O)C(C)OC(=O)/C=C/c1ccc2c(c1)OCCO2. The summed E-state index contributed by atoms with van der Waals surface area (Å²) in [5.74, 6) is 0.745. The second-order valence-electron chi connectivity index (χ2n) is 6.01. The Kier molecular flexibility index (Phi) is 6.16. The number of nitrogens with one attached hydrogen (secondary N) is 1. The smallest absolute Gasteiger partial charge is 0.331 e. The van der Waals surface area contributed by atoms with E-state index in [-0.39, 0.29) is 0 Å². The number of esters is 1. The van der Waals surface area contributed by atoms with Crippen LogP contribution in [0, 0.1) is 0 Å². The molecule has 3 rings (SSSR count). The molecule has 0 radical (unpaired) electrons. The fourth-order valence-electron chi connectivity index (χ4n) is 2.58. The van der Waals surface area contributed by atoms with Crippen molar-refractivity contribution in [2.75, 3.05) is 25.6 Å². The molecule has 1 aliphatic heterocycles. The van der Waals surface area contributed by atoms with Crippen LogP contribution in [0.15, 0.2) is 48.5 Å². The standard InChI is InChI=1S/C21H21NO6/c1-14(21(24)22-16-5-3-4-6-17(16)25-2)28-20(23)10-8-15-7-9-18-19(13-15)27-12-11-26-18/h3-10,13-14H,11-12H2,1-2H3,(H,22,24)/b10-8+. The van der Waals surface area contributed by atoms with Crippen LogP contribution in [-0.4, -0.2) is 38.3 Å². The van der Waals surface area contributed by atoms with E-state index in [1.54, 1.807) is 48.5 Å². The van der Waals surface area contributed by atoms with Crippen LogP contribution in [0.4, 0.5) is 5.69 Å². The fraction of sp³-hybridized carbons (Fsp3) is 0.238. The summed E-state index contributed by atoms with van der Waals surface area (Å²) < 4.78 is 21.3. The second kappa shape index (κ2) is 8.94. The van der Waals surface area contributed by atoms with Crippen LogP contribution in [0.1, 0.15) is 12.5 Å². The summed E-state index contributed by atoms with van der Waals surface area (Å²) >= 11 is 0. The Morgan fingerprint density at radius 1 is 1.11 bits per heavy atom. The van der Waals surface area contributed by atoms with Gasteiger partial charge in [-0.05, 0) is 42.8 Å². The van der Waals surface area contributed by atoms with E-state index in [1.165, 1.54) is 20.1 Å². The summed E-state index contributed by atoms with van der Waals surface area (Å²) in [6.45, 7) is 2.50. The molecule has 1 heterocycles. The van der Waals surface area contributed by atoms with E-state index in [4.69, 9.17) is 18.9 Å². The van der Waals surface area contributed by atoms with Crippen LogP contribution in [0.5, 0.6) is 17.2 Å². The topological polar surface area (TPSA) is 83.1 Å². The lowest BCUT2D eigenvalue weighted by Gasteiger charge is -2.18. The van der Waals surface area contributed by atoms with Crippen molar-refractivity contribution in [1.29, 1.82) is 0 Å². The van der Waals surface area contributed by atoms with Gasteiger partial charge in [0.2, 0.25) is 0 Å². The summed E-state index contributed by atoms with van der Waals surface area (Å²) in [6.07, 6.45) is 1.88. The molecule has 1 amide bonds. The van der Waals surface area contributed by atoms with Gasteiger partial charge < -0.3 is 24.3 Å². The number of fused-ring (bicyclic) bond motifs is 1. The van der Waals surface area contributed by atoms with E-state index in [1.807, 2.05) is 0 Å². The number of hydrogen-bond acceptors (Lipinski definition) is 6. The molecule has 28 heavy (non-hydrogen) atoms. The first-order chi connectivity index (χ1) is 13.6. The molecule has 0 saturated carbocycles. The molecular weight excluding hydrogens is 362 g/mol. The third-order valence-corrected chi connectivity index (χ3v) is 4.01. The zero-order chi connectivity index (χ0) is 19.9. The average Bonchev–Trinajstić information content (AvgIpc) is 2.72. The van der Waals surface area contributed by atoms with Gasteiger partial charge in [-0.2, -0.15) is 0 Å². The van der Waals surface area contributed by atoms with Gasteiger partial charge in [0.25, 0.3) is 5.91 Å². The Balaban J connectivity index is 1.56. The number of anilines is 1. The minimum atomic E-state index is -0.970.